The van der Waals surface area contributed by atoms with Crippen LogP contribution in [0, 0.1) is 0 Å². The quantitative estimate of drug-likeness (QED) is 0.739. The molecule has 3 aromatic rings. The van der Waals surface area contributed by atoms with Gasteiger partial charge in [0.25, 0.3) is 11.5 Å². The molecule has 0 spiro atoms. The van der Waals surface area contributed by atoms with E-state index in [2.05, 4.69) is 15.0 Å². The summed E-state index contributed by atoms with van der Waals surface area (Å²) in [7, 11) is 0. The zero-order chi connectivity index (χ0) is 20.2. The Balaban J connectivity index is 1.54. The minimum Gasteiger partial charge on any atom is -0.494 e. The fraction of sp³-hybridized carbons (Fsp3) is 0.273. The lowest BCUT2D eigenvalue weighted by Crippen LogP contribution is -2.33. The van der Waals surface area contributed by atoms with Gasteiger partial charge in [-0.15, -0.1) is 0 Å². The summed E-state index contributed by atoms with van der Waals surface area (Å²) in [6.45, 7) is 3.51. The number of aromatic nitrogens is 3. The minimum absolute atomic E-state index is 0.0494. The third-order valence-corrected chi connectivity index (χ3v) is 5.00. The van der Waals surface area contributed by atoms with Crippen LogP contribution < -0.4 is 10.3 Å². The van der Waals surface area contributed by atoms with E-state index < -0.39 is 0 Å². The van der Waals surface area contributed by atoms with Crippen molar-refractivity contribution in [3.63, 3.8) is 0 Å². The zero-order valence-corrected chi connectivity index (χ0v) is 16.2. The number of fused-ring (bicyclic) bond motifs is 1. The summed E-state index contributed by atoms with van der Waals surface area (Å²) in [4.78, 5) is 38.9. The highest BCUT2D eigenvalue weighted by atomic mass is 16.5. The minimum atomic E-state index is -0.142. The molecule has 0 saturated heterocycles. The van der Waals surface area contributed by atoms with Crippen LogP contribution >= 0.6 is 0 Å². The van der Waals surface area contributed by atoms with Crippen molar-refractivity contribution < 1.29 is 9.53 Å². The van der Waals surface area contributed by atoms with Gasteiger partial charge in [0.15, 0.2) is 0 Å². The second-order valence-corrected chi connectivity index (χ2v) is 6.83. The third kappa shape index (κ3) is 4.03. The molecule has 0 unspecified atom stereocenters. The van der Waals surface area contributed by atoms with Gasteiger partial charge in [-0.3, -0.25) is 14.6 Å². The van der Waals surface area contributed by atoms with Crippen LogP contribution in [0.3, 0.4) is 0 Å². The lowest BCUT2D eigenvalue weighted by Gasteiger charge is -2.20. The van der Waals surface area contributed by atoms with E-state index in [9.17, 15) is 9.59 Å². The number of carbonyl (C=O) groups excluding carboxylic acids is 1. The van der Waals surface area contributed by atoms with Gasteiger partial charge in [-0.25, -0.2) is 4.98 Å². The third-order valence-electron chi connectivity index (χ3n) is 5.00. The van der Waals surface area contributed by atoms with Crippen LogP contribution in [0.5, 0.6) is 5.75 Å². The zero-order valence-electron chi connectivity index (χ0n) is 16.2. The molecule has 148 valence electrons. The van der Waals surface area contributed by atoms with Crippen LogP contribution in [0.15, 0.2) is 53.6 Å². The van der Waals surface area contributed by atoms with Crippen LogP contribution in [-0.2, 0) is 12.8 Å². The molecule has 3 heterocycles. The van der Waals surface area contributed by atoms with E-state index in [1.807, 2.05) is 19.1 Å². The van der Waals surface area contributed by atoms with Gasteiger partial charge in [0.2, 0.25) is 0 Å². The molecule has 29 heavy (non-hydrogen) atoms. The number of amides is 1. The summed E-state index contributed by atoms with van der Waals surface area (Å²) in [5.74, 6) is 1.22. The number of H-pyrrole nitrogens is 1. The predicted octanol–water partition coefficient (Wildman–Crippen LogP) is 2.47. The smallest absolute Gasteiger partial charge is 0.254 e. The first-order valence-corrected chi connectivity index (χ1v) is 9.70. The van der Waals surface area contributed by atoms with Crippen molar-refractivity contribution in [2.24, 2.45) is 0 Å². The maximum absolute atomic E-state index is 12.9. The summed E-state index contributed by atoms with van der Waals surface area (Å²) in [5.41, 5.74) is 2.69. The molecular weight excluding hydrogens is 368 g/mol. The molecular formula is C22H22N4O3. The molecule has 0 radical (unpaired) electrons. The number of benzene rings is 1. The number of aromatic amines is 1. The molecule has 2 aromatic heterocycles. The average molecular weight is 390 g/mol. The van der Waals surface area contributed by atoms with Crippen molar-refractivity contribution in [3.05, 3.63) is 76.0 Å². The molecule has 4 rings (SSSR count). The van der Waals surface area contributed by atoms with E-state index in [4.69, 9.17) is 4.74 Å². The number of hydrogen-bond donors (Lipinski definition) is 1. The van der Waals surface area contributed by atoms with E-state index >= 15 is 0 Å². The maximum atomic E-state index is 12.9. The Bertz CT molecular complexity index is 1060. The monoisotopic (exact) mass is 390 g/mol. The van der Waals surface area contributed by atoms with E-state index in [-0.39, 0.29) is 11.5 Å². The predicted molar refractivity (Wildman–Crippen MR) is 109 cm³/mol. The summed E-state index contributed by atoms with van der Waals surface area (Å²) in [6.07, 6.45) is 4.35. The highest BCUT2D eigenvalue weighted by Crippen LogP contribution is 2.19. The molecule has 0 aliphatic carbocycles. The molecule has 1 aliphatic heterocycles. The summed E-state index contributed by atoms with van der Waals surface area (Å²) < 4.78 is 5.43. The van der Waals surface area contributed by atoms with Crippen LogP contribution in [0.2, 0.25) is 0 Å². The van der Waals surface area contributed by atoms with Crippen molar-refractivity contribution in [1.82, 2.24) is 19.9 Å². The van der Waals surface area contributed by atoms with Crippen molar-refractivity contribution in [2.45, 2.75) is 19.8 Å². The normalized spacial score (nSPS) is 13.5. The van der Waals surface area contributed by atoms with Gasteiger partial charge in [0.1, 0.15) is 11.6 Å². The first kappa shape index (κ1) is 18.9. The first-order chi connectivity index (χ1) is 14.2. The van der Waals surface area contributed by atoms with E-state index in [0.29, 0.717) is 49.5 Å². The highest BCUT2D eigenvalue weighted by Gasteiger charge is 2.23. The summed E-state index contributed by atoms with van der Waals surface area (Å²) in [6, 6.07) is 10.8. The number of ether oxygens (including phenoxy) is 1. The van der Waals surface area contributed by atoms with E-state index in [1.54, 1.807) is 41.6 Å². The summed E-state index contributed by atoms with van der Waals surface area (Å²) >= 11 is 0. The highest BCUT2D eigenvalue weighted by molar-refractivity contribution is 5.94. The van der Waals surface area contributed by atoms with Crippen molar-refractivity contribution in [1.29, 1.82) is 0 Å². The fourth-order valence-corrected chi connectivity index (χ4v) is 3.50. The number of rotatable bonds is 4. The number of pyridine rings is 1. The Morgan fingerprint density at radius 3 is 2.55 bits per heavy atom. The Hall–Kier alpha value is -3.48. The molecule has 7 nitrogen and oxygen atoms in total. The van der Waals surface area contributed by atoms with Gasteiger partial charge in [0.05, 0.1) is 12.3 Å². The van der Waals surface area contributed by atoms with Gasteiger partial charge in [0, 0.05) is 48.6 Å². The fourth-order valence-electron chi connectivity index (χ4n) is 3.50. The van der Waals surface area contributed by atoms with Crippen LogP contribution in [-0.4, -0.2) is 45.5 Å². The number of carbonyl (C=O) groups is 1. The molecule has 1 N–H and O–H groups in total. The average Bonchev–Trinajstić information content (AvgIpc) is 2.98. The lowest BCUT2D eigenvalue weighted by molar-refractivity contribution is 0.0763. The Morgan fingerprint density at radius 2 is 1.83 bits per heavy atom. The molecule has 1 amide bonds. The van der Waals surface area contributed by atoms with Crippen LogP contribution in [0.4, 0.5) is 0 Å². The number of nitrogens with one attached hydrogen (secondary N) is 1. The van der Waals surface area contributed by atoms with Crippen molar-refractivity contribution in [2.75, 3.05) is 19.7 Å². The lowest BCUT2D eigenvalue weighted by atomic mass is 10.1. The first-order valence-electron chi connectivity index (χ1n) is 9.70. The Kier molecular flexibility index (Phi) is 5.37. The maximum Gasteiger partial charge on any atom is 0.254 e. The Labute approximate surface area is 168 Å². The van der Waals surface area contributed by atoms with E-state index in [1.165, 1.54) is 0 Å². The molecule has 0 atom stereocenters. The van der Waals surface area contributed by atoms with E-state index in [0.717, 1.165) is 17.0 Å². The number of hydrogen-bond acceptors (Lipinski definition) is 5. The van der Waals surface area contributed by atoms with Gasteiger partial charge in [-0.1, -0.05) is 0 Å². The topological polar surface area (TPSA) is 88.2 Å². The Morgan fingerprint density at radius 1 is 1.10 bits per heavy atom. The van der Waals surface area contributed by atoms with Crippen LogP contribution in [0.1, 0.15) is 28.5 Å². The molecule has 1 aromatic carbocycles. The van der Waals surface area contributed by atoms with Gasteiger partial charge >= 0.3 is 0 Å². The second kappa shape index (κ2) is 8.26. The largest absolute Gasteiger partial charge is 0.494 e. The van der Waals surface area contributed by atoms with Crippen LogP contribution in [0.25, 0.3) is 11.4 Å². The SMILES string of the molecule is CCOc1ccc(C(=O)N2CCc3nc(-c4ccncc4)[nH]c(=O)c3CC2)cc1. The standard InChI is InChI=1S/C22H22N4O3/c1-2-29-17-5-3-16(4-6-17)22(28)26-13-9-18-19(10-14-26)24-20(25-21(18)27)15-7-11-23-12-8-15/h3-8,11-12H,2,9-10,13-14H2,1H3,(H,24,25,27). The van der Waals surface area contributed by atoms with Gasteiger partial charge in [-0.2, -0.15) is 0 Å². The summed E-state index contributed by atoms with van der Waals surface area (Å²) in [5, 5.41) is 0. The molecule has 1 aliphatic rings. The molecule has 0 fully saturated rings. The van der Waals surface area contributed by atoms with Crippen molar-refractivity contribution in [3.8, 4) is 17.1 Å². The van der Waals surface area contributed by atoms with Gasteiger partial charge < -0.3 is 14.6 Å². The van der Waals surface area contributed by atoms with Crippen molar-refractivity contribution >= 4 is 5.91 Å². The van der Waals surface area contributed by atoms with Gasteiger partial charge in [-0.05, 0) is 49.7 Å². The molecule has 0 bridgehead atoms. The molecule has 0 saturated carbocycles. The molecule has 7 heteroatoms. The second-order valence-electron chi connectivity index (χ2n) is 6.83. The number of nitrogens with zero attached hydrogens (tertiary/aromatic N) is 3.